The molecule has 4 heteroatoms. The molecule has 0 radical (unpaired) electrons. The van der Waals surface area contributed by atoms with Crippen molar-refractivity contribution in [2.24, 2.45) is 11.3 Å². The molecule has 1 heterocycles. The Bertz CT molecular complexity index is 332. The second-order valence-electron chi connectivity index (χ2n) is 5.48. The van der Waals surface area contributed by atoms with Crippen LogP contribution in [0, 0.1) is 11.3 Å². The third-order valence-electron chi connectivity index (χ3n) is 4.24. The van der Waals surface area contributed by atoms with E-state index in [1.54, 1.807) is 0 Å². The third-order valence-corrected chi connectivity index (χ3v) is 4.24. The third kappa shape index (κ3) is 1.81. The van der Waals surface area contributed by atoms with Crippen molar-refractivity contribution in [1.82, 2.24) is 10.2 Å². The first-order valence-corrected chi connectivity index (χ1v) is 6.24. The lowest BCUT2D eigenvalue weighted by Crippen LogP contribution is -2.39. The minimum atomic E-state index is 0.00659. The van der Waals surface area contributed by atoms with Crippen LogP contribution in [0.1, 0.15) is 32.1 Å². The van der Waals surface area contributed by atoms with Crippen LogP contribution in [-0.2, 0) is 9.59 Å². The van der Waals surface area contributed by atoms with Gasteiger partial charge in [-0.2, -0.15) is 0 Å². The molecule has 3 aliphatic rings. The maximum atomic E-state index is 11.8. The van der Waals surface area contributed by atoms with E-state index in [9.17, 15) is 9.59 Å². The molecule has 4 nitrogen and oxygen atoms in total. The summed E-state index contributed by atoms with van der Waals surface area (Å²) in [5.41, 5.74) is 0.447. The molecule has 16 heavy (non-hydrogen) atoms. The van der Waals surface area contributed by atoms with E-state index in [0.717, 1.165) is 12.5 Å². The number of amides is 2. The van der Waals surface area contributed by atoms with Gasteiger partial charge in [0.05, 0.1) is 6.54 Å². The summed E-state index contributed by atoms with van der Waals surface area (Å²) < 4.78 is 0. The molecule has 1 saturated heterocycles. The summed E-state index contributed by atoms with van der Waals surface area (Å²) in [4.78, 5) is 24.9. The lowest BCUT2D eigenvalue weighted by atomic mass is 10.00. The number of carbonyl (C=O) groups is 2. The maximum absolute atomic E-state index is 11.8. The van der Waals surface area contributed by atoms with Crippen molar-refractivity contribution in [3.8, 4) is 0 Å². The number of hydrogen-bond acceptors (Lipinski definition) is 2. The summed E-state index contributed by atoms with van der Waals surface area (Å²) in [7, 11) is 0. The van der Waals surface area contributed by atoms with Crippen molar-refractivity contribution in [3.05, 3.63) is 0 Å². The van der Waals surface area contributed by atoms with E-state index in [1.807, 2.05) is 4.90 Å². The molecule has 0 atom stereocenters. The van der Waals surface area contributed by atoms with Crippen molar-refractivity contribution < 1.29 is 9.59 Å². The Labute approximate surface area is 95.4 Å². The monoisotopic (exact) mass is 222 g/mol. The molecule has 3 rings (SSSR count). The predicted octanol–water partition coefficient (Wildman–Crippen LogP) is 0.525. The van der Waals surface area contributed by atoms with E-state index in [4.69, 9.17) is 0 Å². The molecule has 3 fully saturated rings. The second kappa shape index (κ2) is 3.47. The van der Waals surface area contributed by atoms with E-state index in [2.05, 4.69) is 5.32 Å². The largest absolute Gasteiger partial charge is 0.347 e. The van der Waals surface area contributed by atoms with Crippen LogP contribution >= 0.6 is 0 Å². The Morgan fingerprint density at radius 1 is 1.31 bits per heavy atom. The highest BCUT2D eigenvalue weighted by Crippen LogP contribution is 2.61. The Hall–Kier alpha value is -1.06. The zero-order valence-corrected chi connectivity index (χ0v) is 9.50. The maximum Gasteiger partial charge on any atom is 0.241 e. The molecule has 88 valence electrons. The molecule has 0 aromatic rings. The van der Waals surface area contributed by atoms with Crippen molar-refractivity contribution in [2.75, 3.05) is 19.6 Å². The SMILES string of the molecule is O=C1CCN(CC2(C3CC3)CC2)C(=O)CN1. The number of carbonyl (C=O) groups excluding carboxylic acids is 2. The van der Waals surface area contributed by atoms with E-state index in [-0.39, 0.29) is 18.4 Å². The minimum Gasteiger partial charge on any atom is -0.347 e. The highest BCUT2D eigenvalue weighted by Gasteiger charge is 2.54. The molecular formula is C12H18N2O2. The average Bonchev–Trinajstić information content (AvgIpc) is 3.10. The van der Waals surface area contributed by atoms with Gasteiger partial charge in [-0.1, -0.05) is 0 Å². The Balaban J connectivity index is 1.64. The summed E-state index contributed by atoms with van der Waals surface area (Å²) >= 11 is 0. The fourth-order valence-electron chi connectivity index (χ4n) is 2.83. The van der Waals surface area contributed by atoms with E-state index in [0.29, 0.717) is 18.4 Å². The molecule has 0 aromatic carbocycles. The van der Waals surface area contributed by atoms with E-state index < -0.39 is 0 Å². The summed E-state index contributed by atoms with van der Waals surface area (Å²) in [6.45, 7) is 1.70. The van der Waals surface area contributed by atoms with Gasteiger partial charge < -0.3 is 10.2 Å². The summed E-state index contributed by atoms with van der Waals surface area (Å²) in [5, 5.41) is 2.65. The average molecular weight is 222 g/mol. The fourth-order valence-corrected chi connectivity index (χ4v) is 2.83. The molecule has 0 unspecified atom stereocenters. The first-order chi connectivity index (χ1) is 7.70. The van der Waals surface area contributed by atoms with Crippen LogP contribution in [0.4, 0.5) is 0 Å². The summed E-state index contributed by atoms with van der Waals surface area (Å²) in [6.07, 6.45) is 5.72. The minimum absolute atomic E-state index is 0.00659. The zero-order valence-electron chi connectivity index (χ0n) is 9.50. The summed E-state index contributed by atoms with van der Waals surface area (Å²) in [5.74, 6) is 0.970. The van der Waals surface area contributed by atoms with Crippen molar-refractivity contribution in [1.29, 1.82) is 0 Å². The number of rotatable bonds is 3. The first kappa shape index (κ1) is 10.1. The quantitative estimate of drug-likeness (QED) is 0.757. The van der Waals surface area contributed by atoms with Gasteiger partial charge in [-0.3, -0.25) is 9.59 Å². The van der Waals surface area contributed by atoms with Gasteiger partial charge in [-0.05, 0) is 37.0 Å². The van der Waals surface area contributed by atoms with Crippen LogP contribution in [0.15, 0.2) is 0 Å². The number of nitrogens with zero attached hydrogens (tertiary/aromatic N) is 1. The first-order valence-electron chi connectivity index (χ1n) is 6.24. The van der Waals surface area contributed by atoms with Gasteiger partial charge >= 0.3 is 0 Å². The van der Waals surface area contributed by atoms with Crippen LogP contribution in [0.2, 0.25) is 0 Å². The lowest BCUT2D eigenvalue weighted by Gasteiger charge is -2.25. The van der Waals surface area contributed by atoms with Gasteiger partial charge in [0.25, 0.3) is 0 Å². The normalized spacial score (nSPS) is 28.6. The van der Waals surface area contributed by atoms with Gasteiger partial charge in [-0.25, -0.2) is 0 Å². The Morgan fingerprint density at radius 2 is 2.06 bits per heavy atom. The highest BCUT2D eigenvalue weighted by atomic mass is 16.2. The van der Waals surface area contributed by atoms with Crippen molar-refractivity contribution in [2.45, 2.75) is 32.1 Å². The van der Waals surface area contributed by atoms with Crippen LogP contribution < -0.4 is 5.32 Å². The van der Waals surface area contributed by atoms with E-state index in [1.165, 1.54) is 25.7 Å². The molecule has 1 N–H and O–H groups in total. The second-order valence-corrected chi connectivity index (χ2v) is 5.48. The molecule has 0 bridgehead atoms. The topological polar surface area (TPSA) is 49.4 Å². The molecule has 2 amide bonds. The van der Waals surface area contributed by atoms with Crippen LogP contribution in [0.25, 0.3) is 0 Å². The summed E-state index contributed by atoms with van der Waals surface area (Å²) in [6, 6.07) is 0. The zero-order chi connectivity index (χ0) is 11.2. The highest BCUT2D eigenvalue weighted by molar-refractivity contribution is 5.87. The van der Waals surface area contributed by atoms with Crippen molar-refractivity contribution >= 4 is 11.8 Å². The number of nitrogens with one attached hydrogen (secondary N) is 1. The molecule has 2 saturated carbocycles. The van der Waals surface area contributed by atoms with Gasteiger partial charge in [0.1, 0.15) is 0 Å². The smallest absolute Gasteiger partial charge is 0.241 e. The van der Waals surface area contributed by atoms with Gasteiger partial charge in [0.2, 0.25) is 11.8 Å². The van der Waals surface area contributed by atoms with E-state index >= 15 is 0 Å². The molecule has 0 spiro atoms. The van der Waals surface area contributed by atoms with Gasteiger partial charge in [0, 0.05) is 19.5 Å². The molecule has 0 aromatic heterocycles. The predicted molar refractivity (Wildman–Crippen MR) is 58.6 cm³/mol. The van der Waals surface area contributed by atoms with Crippen molar-refractivity contribution in [3.63, 3.8) is 0 Å². The molecule has 1 aliphatic heterocycles. The lowest BCUT2D eigenvalue weighted by molar-refractivity contribution is -0.130. The van der Waals surface area contributed by atoms with Crippen LogP contribution in [0.5, 0.6) is 0 Å². The Kier molecular flexibility index (Phi) is 2.19. The van der Waals surface area contributed by atoms with Gasteiger partial charge in [0.15, 0.2) is 0 Å². The molecular weight excluding hydrogens is 204 g/mol. The Morgan fingerprint density at radius 3 is 2.69 bits per heavy atom. The fraction of sp³-hybridized carbons (Fsp3) is 0.833. The van der Waals surface area contributed by atoms with Crippen LogP contribution in [-0.4, -0.2) is 36.3 Å². The standard InChI is InChI=1S/C12H18N2O2/c15-10-3-6-14(11(16)7-13-10)8-12(4-5-12)9-1-2-9/h9H,1-8H2,(H,13,15). The van der Waals surface area contributed by atoms with Crippen LogP contribution in [0.3, 0.4) is 0 Å². The number of hydrogen-bond donors (Lipinski definition) is 1. The van der Waals surface area contributed by atoms with Gasteiger partial charge in [-0.15, -0.1) is 0 Å². The molecule has 2 aliphatic carbocycles.